The molecule has 1 rings (SSSR count). The van der Waals surface area contributed by atoms with Crippen LogP contribution in [0.25, 0.3) is 0 Å². The molecule has 0 aliphatic heterocycles. The van der Waals surface area contributed by atoms with Crippen molar-refractivity contribution < 1.29 is 14.1 Å². The Labute approximate surface area is 119 Å². The lowest BCUT2D eigenvalue weighted by Gasteiger charge is -2.06. The summed E-state index contributed by atoms with van der Waals surface area (Å²) in [7, 11) is 0. The van der Waals surface area contributed by atoms with Gasteiger partial charge in [0.25, 0.3) is 0 Å². The van der Waals surface area contributed by atoms with E-state index in [1.54, 1.807) is 0 Å². The minimum atomic E-state index is -0.791. The number of nitro benzene ring substituents is 1. The maximum Gasteiger partial charge on any atom is 0.305 e. The molecule has 112 valence electrons. The van der Waals surface area contributed by atoms with Gasteiger partial charge in [-0.1, -0.05) is 51.2 Å². The molecule has 0 N–H and O–H groups in total. The molecule has 0 amide bonds. The van der Waals surface area contributed by atoms with E-state index in [1.807, 2.05) is 0 Å². The predicted octanol–water partition coefficient (Wildman–Crippen LogP) is 4.61. The summed E-state index contributed by atoms with van der Waals surface area (Å²) in [5.74, 6) is -0.791. The van der Waals surface area contributed by atoms with Crippen molar-refractivity contribution in [2.24, 2.45) is 0 Å². The fraction of sp³-hybridized carbons (Fsp3) is 0.600. The van der Waals surface area contributed by atoms with Crippen LogP contribution in [-0.2, 0) is 11.3 Å². The standard InChI is InChI=1S/C15H22FNO3/c1-2-3-4-5-6-7-11-20-12-13-9-8-10-14(15(13)16)17(18)19/h8-10H,2-7,11-12H2,1H3. The van der Waals surface area contributed by atoms with Crippen LogP contribution in [0.3, 0.4) is 0 Å². The molecule has 0 radical (unpaired) electrons. The van der Waals surface area contributed by atoms with E-state index in [0.717, 1.165) is 18.9 Å². The van der Waals surface area contributed by atoms with E-state index in [9.17, 15) is 14.5 Å². The van der Waals surface area contributed by atoms with Gasteiger partial charge >= 0.3 is 5.69 Å². The quantitative estimate of drug-likeness (QED) is 0.358. The van der Waals surface area contributed by atoms with Gasteiger partial charge in [-0.15, -0.1) is 0 Å². The fourth-order valence-corrected chi connectivity index (χ4v) is 1.99. The molecule has 0 fully saturated rings. The second kappa shape index (κ2) is 9.42. The Morgan fingerprint density at radius 1 is 1.20 bits per heavy atom. The summed E-state index contributed by atoms with van der Waals surface area (Å²) in [5, 5.41) is 10.6. The van der Waals surface area contributed by atoms with E-state index in [1.165, 1.54) is 37.8 Å². The third-order valence-electron chi connectivity index (χ3n) is 3.15. The van der Waals surface area contributed by atoms with Crippen molar-refractivity contribution in [2.45, 2.75) is 52.1 Å². The average molecular weight is 283 g/mol. The van der Waals surface area contributed by atoms with Crippen molar-refractivity contribution in [1.82, 2.24) is 0 Å². The van der Waals surface area contributed by atoms with Gasteiger partial charge in [0.1, 0.15) is 0 Å². The van der Waals surface area contributed by atoms with E-state index in [2.05, 4.69) is 6.92 Å². The van der Waals surface area contributed by atoms with Gasteiger partial charge in [0, 0.05) is 18.2 Å². The molecule has 0 saturated heterocycles. The Morgan fingerprint density at radius 3 is 2.60 bits per heavy atom. The van der Waals surface area contributed by atoms with Crippen LogP contribution in [0, 0.1) is 15.9 Å². The fourth-order valence-electron chi connectivity index (χ4n) is 1.99. The van der Waals surface area contributed by atoms with E-state index < -0.39 is 16.4 Å². The highest BCUT2D eigenvalue weighted by Crippen LogP contribution is 2.20. The molecule has 1 aromatic carbocycles. The van der Waals surface area contributed by atoms with Crippen molar-refractivity contribution in [1.29, 1.82) is 0 Å². The molecule has 0 bridgehead atoms. The SMILES string of the molecule is CCCCCCCCOCc1cccc([N+](=O)[O-])c1F. The third kappa shape index (κ3) is 5.65. The Hall–Kier alpha value is -1.49. The highest BCUT2D eigenvalue weighted by atomic mass is 19.1. The van der Waals surface area contributed by atoms with Crippen LogP contribution in [0.1, 0.15) is 51.0 Å². The van der Waals surface area contributed by atoms with Crippen LogP contribution in [0.4, 0.5) is 10.1 Å². The normalized spacial score (nSPS) is 10.7. The topological polar surface area (TPSA) is 52.4 Å². The first-order valence-electron chi connectivity index (χ1n) is 7.16. The van der Waals surface area contributed by atoms with Crippen LogP contribution >= 0.6 is 0 Å². The zero-order chi connectivity index (χ0) is 14.8. The zero-order valence-corrected chi connectivity index (χ0v) is 11.9. The van der Waals surface area contributed by atoms with Gasteiger partial charge in [-0.2, -0.15) is 4.39 Å². The number of rotatable bonds is 10. The summed E-state index contributed by atoms with van der Waals surface area (Å²) in [6, 6.07) is 4.15. The number of hydrogen-bond donors (Lipinski definition) is 0. The van der Waals surface area contributed by atoms with E-state index >= 15 is 0 Å². The summed E-state index contributed by atoms with van der Waals surface area (Å²) in [6.07, 6.45) is 6.98. The minimum absolute atomic E-state index is 0.0858. The largest absolute Gasteiger partial charge is 0.377 e. The lowest BCUT2D eigenvalue weighted by Crippen LogP contribution is -2.01. The number of nitro groups is 1. The third-order valence-corrected chi connectivity index (χ3v) is 3.15. The average Bonchev–Trinajstić information content (AvgIpc) is 2.43. The molecule has 4 nitrogen and oxygen atoms in total. The van der Waals surface area contributed by atoms with Crippen molar-refractivity contribution in [3.8, 4) is 0 Å². The van der Waals surface area contributed by atoms with Gasteiger partial charge in [0.15, 0.2) is 0 Å². The highest BCUT2D eigenvalue weighted by molar-refractivity contribution is 5.36. The molecule has 20 heavy (non-hydrogen) atoms. The van der Waals surface area contributed by atoms with Gasteiger partial charge in [-0.05, 0) is 6.42 Å². The first kappa shape index (κ1) is 16.6. The number of benzene rings is 1. The molecule has 0 aliphatic rings. The molecule has 5 heteroatoms. The van der Waals surface area contributed by atoms with Gasteiger partial charge in [0.05, 0.1) is 11.5 Å². The Balaban J connectivity index is 2.25. The van der Waals surface area contributed by atoms with Crippen LogP contribution in [-0.4, -0.2) is 11.5 Å². The second-order valence-corrected chi connectivity index (χ2v) is 4.83. The summed E-state index contributed by atoms with van der Waals surface area (Å²) in [4.78, 5) is 9.88. The molecule has 0 aliphatic carbocycles. The number of nitrogens with zero attached hydrogens (tertiary/aromatic N) is 1. The summed E-state index contributed by atoms with van der Waals surface area (Å²) < 4.78 is 19.1. The first-order chi connectivity index (χ1) is 9.66. The predicted molar refractivity (Wildman–Crippen MR) is 76.1 cm³/mol. The van der Waals surface area contributed by atoms with E-state index in [0.29, 0.717) is 6.61 Å². The van der Waals surface area contributed by atoms with Crippen molar-refractivity contribution in [3.05, 3.63) is 39.7 Å². The molecule has 0 aromatic heterocycles. The highest BCUT2D eigenvalue weighted by Gasteiger charge is 2.16. The van der Waals surface area contributed by atoms with Crippen molar-refractivity contribution in [3.63, 3.8) is 0 Å². The Morgan fingerprint density at radius 2 is 1.90 bits per heavy atom. The molecular formula is C15H22FNO3. The molecule has 0 spiro atoms. The zero-order valence-electron chi connectivity index (χ0n) is 11.9. The molecule has 0 heterocycles. The number of unbranched alkanes of at least 4 members (excludes halogenated alkanes) is 5. The summed E-state index contributed by atoms with van der Waals surface area (Å²) in [5.41, 5.74) is -0.254. The van der Waals surface area contributed by atoms with Crippen LogP contribution in [0.15, 0.2) is 18.2 Å². The summed E-state index contributed by atoms with van der Waals surface area (Å²) in [6.45, 7) is 2.83. The maximum atomic E-state index is 13.7. The maximum absolute atomic E-state index is 13.7. The van der Waals surface area contributed by atoms with Gasteiger partial charge < -0.3 is 4.74 Å². The van der Waals surface area contributed by atoms with E-state index in [4.69, 9.17) is 4.74 Å². The number of ether oxygens (including phenoxy) is 1. The molecule has 1 aromatic rings. The van der Waals surface area contributed by atoms with Crippen LogP contribution in [0.2, 0.25) is 0 Å². The lowest BCUT2D eigenvalue weighted by molar-refractivity contribution is -0.387. The second-order valence-electron chi connectivity index (χ2n) is 4.83. The molecule has 0 atom stereocenters. The monoisotopic (exact) mass is 283 g/mol. The minimum Gasteiger partial charge on any atom is -0.377 e. The van der Waals surface area contributed by atoms with Crippen LogP contribution < -0.4 is 0 Å². The van der Waals surface area contributed by atoms with Crippen molar-refractivity contribution >= 4 is 5.69 Å². The Kier molecular flexibility index (Phi) is 7.80. The van der Waals surface area contributed by atoms with E-state index in [-0.39, 0.29) is 12.2 Å². The molecule has 0 saturated carbocycles. The van der Waals surface area contributed by atoms with Gasteiger partial charge in [-0.25, -0.2) is 0 Å². The Bertz CT molecular complexity index is 424. The van der Waals surface area contributed by atoms with Crippen molar-refractivity contribution in [2.75, 3.05) is 6.61 Å². The smallest absolute Gasteiger partial charge is 0.305 e. The van der Waals surface area contributed by atoms with Gasteiger partial charge in [-0.3, -0.25) is 10.1 Å². The number of halogens is 1. The summed E-state index contributed by atoms with van der Waals surface area (Å²) >= 11 is 0. The molecule has 0 unspecified atom stereocenters. The lowest BCUT2D eigenvalue weighted by atomic mass is 10.1. The van der Waals surface area contributed by atoms with Gasteiger partial charge in [0.2, 0.25) is 5.82 Å². The molecular weight excluding hydrogens is 261 g/mol. The van der Waals surface area contributed by atoms with Crippen LogP contribution in [0.5, 0.6) is 0 Å². The number of hydrogen-bond acceptors (Lipinski definition) is 3. The first-order valence-corrected chi connectivity index (χ1v) is 7.16.